The van der Waals surface area contributed by atoms with Crippen molar-refractivity contribution >= 4 is 11.8 Å². The largest absolute Gasteiger partial charge is 0.395 e. The minimum absolute atomic E-state index is 0.0854. The summed E-state index contributed by atoms with van der Waals surface area (Å²) in [5.41, 5.74) is 2.37. The molecule has 2 aromatic rings. The molecule has 0 aliphatic carbocycles. The Balaban J connectivity index is 2.42. The van der Waals surface area contributed by atoms with E-state index < -0.39 is 0 Å². The maximum atomic E-state index is 10.0. The molecular formula is C18H20OS. The normalized spacial score (nSPS) is 13.7. The molecule has 0 aromatic heterocycles. The van der Waals surface area contributed by atoms with Crippen LogP contribution in [0.4, 0.5) is 0 Å². The molecule has 0 heterocycles. The molecule has 0 bridgehead atoms. The van der Waals surface area contributed by atoms with Crippen LogP contribution < -0.4 is 0 Å². The van der Waals surface area contributed by atoms with E-state index in [9.17, 15) is 5.11 Å². The number of aliphatic hydroxyl groups is 1. The summed E-state index contributed by atoms with van der Waals surface area (Å²) < 4.78 is -0.366. The molecule has 2 rings (SSSR count). The third-order valence-corrected chi connectivity index (χ3v) is 5.03. The highest BCUT2D eigenvalue weighted by atomic mass is 32.2. The molecule has 0 spiro atoms. The number of hydrogen-bond acceptors (Lipinski definition) is 2. The standard InChI is InChI=1S/C18H20OS/c1-3-13-18(14-19,16-10-5-4-6-11-16)20-17-12-8-7-9-15(17)2/h3-12,19H,1,13-14H2,2H3/t18-/m0/s1. The highest BCUT2D eigenvalue weighted by Crippen LogP contribution is 2.45. The molecule has 0 saturated carbocycles. The van der Waals surface area contributed by atoms with Crippen molar-refractivity contribution in [2.24, 2.45) is 0 Å². The summed E-state index contributed by atoms with van der Waals surface area (Å²) in [5, 5.41) is 10.0. The Morgan fingerprint density at radius 3 is 2.35 bits per heavy atom. The number of hydrogen-bond donors (Lipinski definition) is 1. The Morgan fingerprint density at radius 2 is 1.75 bits per heavy atom. The molecule has 0 fully saturated rings. The van der Waals surface area contributed by atoms with Gasteiger partial charge in [0, 0.05) is 4.90 Å². The molecule has 0 unspecified atom stereocenters. The molecule has 2 heteroatoms. The third kappa shape index (κ3) is 3.14. The van der Waals surface area contributed by atoms with E-state index in [0.717, 1.165) is 12.0 Å². The smallest absolute Gasteiger partial charge is 0.0719 e. The predicted octanol–water partition coefficient (Wildman–Crippen LogP) is 4.55. The molecule has 1 N–H and O–H groups in total. The fourth-order valence-corrected chi connectivity index (χ4v) is 3.58. The topological polar surface area (TPSA) is 20.2 Å². The highest BCUT2D eigenvalue weighted by Gasteiger charge is 2.32. The zero-order valence-electron chi connectivity index (χ0n) is 11.8. The second kappa shape index (κ2) is 6.78. The van der Waals surface area contributed by atoms with E-state index in [0.29, 0.717) is 0 Å². The minimum atomic E-state index is -0.366. The first kappa shape index (κ1) is 14.9. The van der Waals surface area contributed by atoms with Gasteiger partial charge in [-0.3, -0.25) is 0 Å². The Labute approximate surface area is 125 Å². The predicted molar refractivity (Wildman–Crippen MR) is 87.1 cm³/mol. The quantitative estimate of drug-likeness (QED) is 0.620. The summed E-state index contributed by atoms with van der Waals surface area (Å²) >= 11 is 1.72. The summed E-state index contributed by atoms with van der Waals surface area (Å²) in [6, 6.07) is 18.5. The molecule has 20 heavy (non-hydrogen) atoms. The SMILES string of the molecule is C=CC[C@@](CO)(Sc1ccccc1C)c1ccccc1. The van der Waals surface area contributed by atoms with Gasteiger partial charge in [0.25, 0.3) is 0 Å². The van der Waals surface area contributed by atoms with Gasteiger partial charge in [-0.05, 0) is 30.5 Å². The van der Waals surface area contributed by atoms with E-state index in [1.165, 1.54) is 10.5 Å². The van der Waals surface area contributed by atoms with Crippen LogP contribution in [0.15, 0.2) is 72.1 Å². The molecule has 0 aliphatic heterocycles. The van der Waals surface area contributed by atoms with Gasteiger partial charge >= 0.3 is 0 Å². The molecular weight excluding hydrogens is 264 g/mol. The second-order valence-electron chi connectivity index (χ2n) is 4.88. The van der Waals surface area contributed by atoms with Gasteiger partial charge in [0.1, 0.15) is 0 Å². The van der Waals surface area contributed by atoms with Crippen molar-refractivity contribution in [1.29, 1.82) is 0 Å². The first-order chi connectivity index (χ1) is 9.72. The van der Waals surface area contributed by atoms with Crippen molar-refractivity contribution in [2.75, 3.05) is 6.61 Å². The van der Waals surface area contributed by atoms with Crippen LogP contribution in [0.5, 0.6) is 0 Å². The lowest BCUT2D eigenvalue weighted by Gasteiger charge is -2.31. The molecule has 1 nitrogen and oxygen atoms in total. The molecule has 104 valence electrons. The zero-order chi connectivity index (χ0) is 14.4. The van der Waals surface area contributed by atoms with Crippen molar-refractivity contribution in [3.05, 3.63) is 78.4 Å². The third-order valence-electron chi connectivity index (χ3n) is 3.43. The van der Waals surface area contributed by atoms with Crippen LogP contribution in [-0.4, -0.2) is 11.7 Å². The van der Waals surface area contributed by atoms with E-state index in [1.807, 2.05) is 36.4 Å². The number of aryl methyl sites for hydroxylation is 1. The number of allylic oxidation sites excluding steroid dienone is 1. The molecule has 1 atom stereocenters. The monoisotopic (exact) mass is 284 g/mol. The molecule has 0 saturated heterocycles. The van der Waals surface area contributed by atoms with Gasteiger partial charge in [0.05, 0.1) is 11.4 Å². The fraction of sp³-hybridized carbons (Fsp3) is 0.222. The number of rotatable bonds is 6. The van der Waals surface area contributed by atoms with E-state index >= 15 is 0 Å². The van der Waals surface area contributed by atoms with Crippen molar-refractivity contribution in [2.45, 2.75) is 23.0 Å². The molecule has 0 aliphatic rings. The van der Waals surface area contributed by atoms with Crippen molar-refractivity contribution in [1.82, 2.24) is 0 Å². The van der Waals surface area contributed by atoms with Crippen molar-refractivity contribution in [3.63, 3.8) is 0 Å². The maximum absolute atomic E-state index is 10.0. The van der Waals surface area contributed by atoms with Crippen LogP contribution in [0.25, 0.3) is 0 Å². The zero-order valence-corrected chi connectivity index (χ0v) is 12.6. The van der Waals surface area contributed by atoms with Crippen molar-refractivity contribution in [3.8, 4) is 0 Å². The van der Waals surface area contributed by atoms with Crippen LogP contribution in [0.3, 0.4) is 0 Å². The molecule has 0 amide bonds. The van der Waals surface area contributed by atoms with E-state index in [4.69, 9.17) is 0 Å². The van der Waals surface area contributed by atoms with Crippen LogP contribution in [-0.2, 0) is 4.75 Å². The summed E-state index contributed by atoms with van der Waals surface area (Å²) in [5.74, 6) is 0. The number of aliphatic hydroxyl groups excluding tert-OH is 1. The first-order valence-corrected chi connectivity index (χ1v) is 7.55. The second-order valence-corrected chi connectivity index (χ2v) is 6.30. The Morgan fingerprint density at radius 1 is 1.10 bits per heavy atom. The number of thioether (sulfide) groups is 1. The van der Waals surface area contributed by atoms with E-state index in [-0.39, 0.29) is 11.4 Å². The maximum Gasteiger partial charge on any atom is 0.0719 e. The summed E-state index contributed by atoms with van der Waals surface area (Å²) in [7, 11) is 0. The lowest BCUT2D eigenvalue weighted by atomic mass is 9.95. The first-order valence-electron chi connectivity index (χ1n) is 6.74. The fourth-order valence-electron chi connectivity index (χ4n) is 2.26. The average Bonchev–Trinajstić information content (AvgIpc) is 2.50. The van der Waals surface area contributed by atoms with Gasteiger partial charge in [-0.25, -0.2) is 0 Å². The lowest BCUT2D eigenvalue weighted by Crippen LogP contribution is -2.26. The van der Waals surface area contributed by atoms with Gasteiger partial charge in [-0.15, -0.1) is 18.3 Å². The van der Waals surface area contributed by atoms with Gasteiger partial charge in [-0.1, -0.05) is 54.6 Å². The Hall–Kier alpha value is -1.51. The van der Waals surface area contributed by atoms with E-state index in [1.54, 1.807) is 11.8 Å². The van der Waals surface area contributed by atoms with Gasteiger partial charge in [0.2, 0.25) is 0 Å². The van der Waals surface area contributed by atoms with Crippen molar-refractivity contribution < 1.29 is 5.11 Å². The average molecular weight is 284 g/mol. The van der Waals surface area contributed by atoms with Gasteiger partial charge < -0.3 is 5.11 Å². The van der Waals surface area contributed by atoms with Gasteiger partial charge in [0.15, 0.2) is 0 Å². The Kier molecular flexibility index (Phi) is 5.05. The van der Waals surface area contributed by atoms with Crippen LogP contribution in [0.1, 0.15) is 17.5 Å². The summed E-state index contributed by atoms with van der Waals surface area (Å²) in [4.78, 5) is 1.20. The summed E-state index contributed by atoms with van der Waals surface area (Å²) in [6.07, 6.45) is 2.61. The van der Waals surface area contributed by atoms with Crippen LogP contribution >= 0.6 is 11.8 Å². The minimum Gasteiger partial charge on any atom is -0.395 e. The molecule has 0 radical (unpaired) electrons. The Bertz CT molecular complexity index is 565. The van der Waals surface area contributed by atoms with Crippen LogP contribution in [0, 0.1) is 6.92 Å². The van der Waals surface area contributed by atoms with Crippen LogP contribution in [0.2, 0.25) is 0 Å². The van der Waals surface area contributed by atoms with E-state index in [2.05, 4.69) is 37.8 Å². The highest BCUT2D eigenvalue weighted by molar-refractivity contribution is 8.00. The lowest BCUT2D eigenvalue weighted by molar-refractivity contribution is 0.249. The summed E-state index contributed by atoms with van der Waals surface area (Å²) in [6.45, 7) is 6.04. The van der Waals surface area contributed by atoms with Gasteiger partial charge in [-0.2, -0.15) is 0 Å². The molecule has 2 aromatic carbocycles. The number of benzene rings is 2.